The summed E-state index contributed by atoms with van der Waals surface area (Å²) in [6.45, 7) is 7.61. The van der Waals surface area contributed by atoms with E-state index in [1.54, 1.807) is 49.6 Å². The first-order valence-electron chi connectivity index (χ1n) is 14.1. The summed E-state index contributed by atoms with van der Waals surface area (Å²) in [5, 5.41) is 11.4. The predicted octanol–water partition coefficient (Wildman–Crippen LogP) is 6.08. The van der Waals surface area contributed by atoms with Crippen LogP contribution in [0.5, 0.6) is 17.2 Å². The number of aliphatic hydroxyl groups is 1. The molecule has 1 N–H and O–H groups in total. The van der Waals surface area contributed by atoms with Gasteiger partial charge in [-0.2, -0.15) is 0 Å². The maximum absolute atomic E-state index is 13.3. The van der Waals surface area contributed by atoms with Gasteiger partial charge in [0.05, 0.1) is 31.9 Å². The van der Waals surface area contributed by atoms with Crippen LogP contribution in [-0.2, 0) is 20.9 Å². The fourth-order valence-electron chi connectivity index (χ4n) is 4.82. The van der Waals surface area contributed by atoms with Crippen molar-refractivity contribution in [3.8, 4) is 17.2 Å². The number of hydrogen-bond acceptors (Lipinski definition) is 7. The first-order valence-corrected chi connectivity index (χ1v) is 14.1. The molecule has 0 saturated carbocycles. The molecule has 1 aliphatic heterocycles. The Morgan fingerprint density at radius 1 is 0.929 bits per heavy atom. The van der Waals surface area contributed by atoms with Gasteiger partial charge in [0.1, 0.15) is 18.1 Å². The lowest BCUT2D eigenvalue weighted by molar-refractivity contribution is -0.140. The topological polar surface area (TPSA) is 94.5 Å². The second-order valence-corrected chi connectivity index (χ2v) is 10.7. The van der Waals surface area contributed by atoms with E-state index in [-0.39, 0.29) is 24.5 Å². The lowest BCUT2D eigenvalue weighted by atomic mass is 9.95. The van der Waals surface area contributed by atoms with Crippen molar-refractivity contribution in [2.45, 2.75) is 39.8 Å². The van der Waals surface area contributed by atoms with Crippen molar-refractivity contribution < 1.29 is 33.6 Å². The third-order valence-corrected chi connectivity index (χ3v) is 7.32. The van der Waals surface area contributed by atoms with Crippen molar-refractivity contribution in [1.82, 2.24) is 4.90 Å². The number of benzene rings is 3. The predicted molar refractivity (Wildman–Crippen MR) is 161 cm³/mol. The molecule has 0 aromatic heterocycles. The minimum absolute atomic E-state index is 0.000195. The van der Waals surface area contributed by atoms with Gasteiger partial charge in [0.25, 0.3) is 11.7 Å². The van der Waals surface area contributed by atoms with E-state index in [9.17, 15) is 14.7 Å². The first kappa shape index (κ1) is 30.7. The Kier molecular flexibility index (Phi) is 10.3. The van der Waals surface area contributed by atoms with Gasteiger partial charge >= 0.3 is 0 Å². The third-order valence-electron chi connectivity index (χ3n) is 7.32. The van der Waals surface area contributed by atoms with E-state index in [2.05, 4.69) is 13.8 Å². The number of amides is 1. The SMILES string of the molecule is COCCN1C(=O)C(=O)/C(=C(/O)c2ccc(OCc3ccccc3C)cc2)C1c1ccc(OCCC(C)C)c(OC)c1. The molecule has 1 amide bonds. The summed E-state index contributed by atoms with van der Waals surface area (Å²) in [7, 11) is 3.07. The second-order valence-electron chi connectivity index (χ2n) is 10.7. The summed E-state index contributed by atoms with van der Waals surface area (Å²) in [5.74, 6) is 0.424. The molecule has 8 heteroatoms. The molecule has 4 rings (SSSR count). The lowest BCUT2D eigenvalue weighted by Gasteiger charge is -2.25. The number of carbonyl (C=O) groups excluding carboxylic acids is 2. The average Bonchev–Trinajstić information content (AvgIpc) is 3.24. The van der Waals surface area contributed by atoms with Gasteiger partial charge in [-0.25, -0.2) is 0 Å². The molecular weight excluding hydrogens is 534 g/mol. The molecule has 0 radical (unpaired) electrons. The summed E-state index contributed by atoms with van der Waals surface area (Å²) < 4.78 is 22.7. The maximum Gasteiger partial charge on any atom is 0.295 e. The number of methoxy groups -OCH3 is 2. The molecule has 1 saturated heterocycles. The molecule has 8 nitrogen and oxygen atoms in total. The number of rotatable bonds is 13. The molecule has 0 spiro atoms. The zero-order valence-electron chi connectivity index (χ0n) is 24.9. The largest absolute Gasteiger partial charge is 0.507 e. The number of Topliss-reactive ketones (excluding diaryl/α,β-unsaturated/α-hetero) is 1. The van der Waals surface area contributed by atoms with E-state index in [0.29, 0.717) is 47.5 Å². The molecule has 1 heterocycles. The fourth-order valence-corrected chi connectivity index (χ4v) is 4.82. The molecule has 1 fully saturated rings. The molecule has 0 bridgehead atoms. The van der Waals surface area contributed by atoms with Gasteiger partial charge in [-0.15, -0.1) is 0 Å². The van der Waals surface area contributed by atoms with Gasteiger partial charge in [0.2, 0.25) is 0 Å². The van der Waals surface area contributed by atoms with Crippen LogP contribution in [0.15, 0.2) is 72.3 Å². The van der Waals surface area contributed by atoms with Crippen molar-refractivity contribution in [1.29, 1.82) is 0 Å². The smallest absolute Gasteiger partial charge is 0.295 e. The van der Waals surface area contributed by atoms with E-state index < -0.39 is 17.7 Å². The van der Waals surface area contributed by atoms with E-state index in [4.69, 9.17) is 18.9 Å². The molecule has 3 aromatic rings. The van der Waals surface area contributed by atoms with Gasteiger partial charge in [0, 0.05) is 19.2 Å². The van der Waals surface area contributed by atoms with Crippen LogP contribution in [0.25, 0.3) is 5.76 Å². The van der Waals surface area contributed by atoms with Gasteiger partial charge < -0.3 is 29.0 Å². The third kappa shape index (κ3) is 6.94. The number of hydrogen-bond donors (Lipinski definition) is 1. The Morgan fingerprint density at radius 3 is 2.33 bits per heavy atom. The highest BCUT2D eigenvalue weighted by Gasteiger charge is 2.46. The quantitative estimate of drug-likeness (QED) is 0.151. The fraction of sp³-hybridized carbons (Fsp3) is 0.353. The van der Waals surface area contributed by atoms with Crippen molar-refractivity contribution in [2.75, 3.05) is 34.0 Å². The summed E-state index contributed by atoms with van der Waals surface area (Å²) in [6.07, 6.45) is 0.887. The van der Waals surface area contributed by atoms with Crippen LogP contribution in [0.2, 0.25) is 0 Å². The Labute approximate surface area is 247 Å². The summed E-state index contributed by atoms with van der Waals surface area (Å²) in [6, 6.07) is 19.3. The van der Waals surface area contributed by atoms with Crippen molar-refractivity contribution in [3.63, 3.8) is 0 Å². The van der Waals surface area contributed by atoms with Crippen LogP contribution >= 0.6 is 0 Å². The number of ketones is 1. The molecule has 42 heavy (non-hydrogen) atoms. The summed E-state index contributed by atoms with van der Waals surface area (Å²) in [5.41, 5.74) is 3.22. The minimum atomic E-state index is -0.837. The Bertz CT molecular complexity index is 1430. The number of carbonyl (C=O) groups is 2. The lowest BCUT2D eigenvalue weighted by Crippen LogP contribution is -2.32. The van der Waals surface area contributed by atoms with Gasteiger partial charge in [-0.1, -0.05) is 44.2 Å². The summed E-state index contributed by atoms with van der Waals surface area (Å²) >= 11 is 0. The molecule has 1 atom stereocenters. The maximum atomic E-state index is 13.3. The summed E-state index contributed by atoms with van der Waals surface area (Å²) in [4.78, 5) is 27.9. The second kappa shape index (κ2) is 14.0. The van der Waals surface area contributed by atoms with Crippen LogP contribution in [0.3, 0.4) is 0 Å². The Hall–Kier alpha value is -4.30. The zero-order chi connectivity index (χ0) is 30.2. The van der Waals surface area contributed by atoms with Crippen LogP contribution in [-0.4, -0.2) is 55.7 Å². The van der Waals surface area contributed by atoms with Crippen LogP contribution < -0.4 is 14.2 Å². The highest BCUT2D eigenvalue weighted by atomic mass is 16.5. The first-order chi connectivity index (χ1) is 20.2. The van der Waals surface area contributed by atoms with Crippen molar-refractivity contribution in [2.24, 2.45) is 5.92 Å². The van der Waals surface area contributed by atoms with Gasteiger partial charge in [0.15, 0.2) is 11.5 Å². The molecule has 222 valence electrons. The molecular formula is C34H39NO7. The Morgan fingerprint density at radius 2 is 1.67 bits per heavy atom. The molecule has 0 aliphatic carbocycles. The van der Waals surface area contributed by atoms with E-state index in [1.165, 1.54) is 12.0 Å². The van der Waals surface area contributed by atoms with Crippen molar-refractivity contribution in [3.05, 3.63) is 94.6 Å². The molecule has 1 aliphatic rings. The van der Waals surface area contributed by atoms with Crippen LogP contribution in [0.1, 0.15) is 48.6 Å². The average molecular weight is 574 g/mol. The van der Waals surface area contributed by atoms with Crippen LogP contribution in [0.4, 0.5) is 0 Å². The Balaban J connectivity index is 1.66. The number of ether oxygens (including phenoxy) is 4. The van der Waals surface area contributed by atoms with E-state index in [0.717, 1.165) is 17.5 Å². The highest BCUT2D eigenvalue weighted by Crippen LogP contribution is 2.42. The number of aryl methyl sites for hydroxylation is 1. The number of likely N-dealkylation sites (tertiary alicyclic amines) is 1. The standard InChI is InChI=1S/C34H39NO7/c1-22(2)16-18-41-28-15-12-25(20-29(28)40-5)31-30(33(37)34(38)35(31)17-19-39-4)32(36)24-10-13-27(14-11-24)42-21-26-9-7-6-8-23(26)3/h6-15,20,22,31,36H,16-19,21H2,1-5H3/b32-30+. The van der Waals surface area contributed by atoms with E-state index >= 15 is 0 Å². The van der Waals surface area contributed by atoms with Gasteiger partial charge in [-0.3, -0.25) is 9.59 Å². The normalized spacial score (nSPS) is 16.2. The molecule has 1 unspecified atom stereocenters. The highest BCUT2D eigenvalue weighted by molar-refractivity contribution is 6.46. The van der Waals surface area contributed by atoms with Crippen LogP contribution in [0, 0.1) is 12.8 Å². The van der Waals surface area contributed by atoms with Gasteiger partial charge in [-0.05, 0) is 72.4 Å². The van der Waals surface area contributed by atoms with Crippen molar-refractivity contribution >= 4 is 17.4 Å². The zero-order valence-corrected chi connectivity index (χ0v) is 24.9. The monoisotopic (exact) mass is 573 g/mol. The minimum Gasteiger partial charge on any atom is -0.507 e. The van der Waals surface area contributed by atoms with E-state index in [1.807, 2.05) is 31.2 Å². The molecule has 3 aromatic carbocycles. The number of aliphatic hydroxyl groups excluding tert-OH is 1. The number of nitrogens with zero attached hydrogens (tertiary/aromatic N) is 1.